The molecule has 0 radical (unpaired) electrons. The number of rotatable bonds is 6. The van der Waals surface area contributed by atoms with Gasteiger partial charge in [0.1, 0.15) is 0 Å². The normalized spacial score (nSPS) is 12.0. The molecular formula is C22H23NO. The Morgan fingerprint density at radius 2 is 1.62 bits per heavy atom. The predicted octanol–water partition coefficient (Wildman–Crippen LogP) is 4.69. The van der Waals surface area contributed by atoms with Crippen molar-refractivity contribution in [1.29, 1.82) is 0 Å². The van der Waals surface area contributed by atoms with Gasteiger partial charge in [0.15, 0.2) is 0 Å². The highest BCUT2D eigenvalue weighted by Crippen LogP contribution is 2.18. The largest absolute Gasteiger partial charge is 0.355 e. The maximum Gasteiger partial charge on any atom is 0.224 e. The Hall–Kier alpha value is -2.61. The highest BCUT2D eigenvalue weighted by atomic mass is 16.1. The van der Waals surface area contributed by atoms with E-state index in [1.54, 1.807) is 0 Å². The molecule has 3 rings (SSSR count). The van der Waals surface area contributed by atoms with Crippen LogP contribution in [-0.4, -0.2) is 12.5 Å². The van der Waals surface area contributed by atoms with Gasteiger partial charge in [-0.2, -0.15) is 0 Å². The van der Waals surface area contributed by atoms with Gasteiger partial charge in [-0.05, 0) is 28.3 Å². The molecule has 0 aromatic heterocycles. The fourth-order valence-electron chi connectivity index (χ4n) is 3.06. The molecule has 0 bridgehead atoms. The average Bonchev–Trinajstić information content (AvgIpc) is 2.63. The third kappa shape index (κ3) is 4.02. The topological polar surface area (TPSA) is 29.1 Å². The molecule has 2 nitrogen and oxygen atoms in total. The van der Waals surface area contributed by atoms with Crippen molar-refractivity contribution in [1.82, 2.24) is 5.32 Å². The Labute approximate surface area is 143 Å². The quantitative estimate of drug-likeness (QED) is 0.702. The van der Waals surface area contributed by atoms with E-state index in [4.69, 9.17) is 0 Å². The van der Waals surface area contributed by atoms with Crippen LogP contribution >= 0.6 is 0 Å². The first-order valence-corrected chi connectivity index (χ1v) is 8.55. The van der Waals surface area contributed by atoms with Crippen LogP contribution in [0.3, 0.4) is 0 Å². The monoisotopic (exact) mass is 317 g/mol. The second kappa shape index (κ2) is 7.78. The first-order valence-electron chi connectivity index (χ1n) is 8.55. The fraction of sp³-hybridized carbons (Fsp3) is 0.227. The second-order valence-corrected chi connectivity index (χ2v) is 6.18. The summed E-state index contributed by atoms with van der Waals surface area (Å²) >= 11 is 0. The van der Waals surface area contributed by atoms with Gasteiger partial charge in [-0.15, -0.1) is 0 Å². The van der Waals surface area contributed by atoms with E-state index in [2.05, 4.69) is 60.8 Å². The summed E-state index contributed by atoms with van der Waals surface area (Å²) in [6.45, 7) is 2.85. The molecule has 0 aliphatic rings. The fourth-order valence-corrected chi connectivity index (χ4v) is 3.06. The Kier molecular flexibility index (Phi) is 5.27. The van der Waals surface area contributed by atoms with Crippen molar-refractivity contribution < 1.29 is 4.79 Å². The molecule has 0 spiro atoms. The predicted molar refractivity (Wildman–Crippen MR) is 100 cm³/mol. The Morgan fingerprint density at radius 3 is 2.38 bits per heavy atom. The smallest absolute Gasteiger partial charge is 0.224 e. The number of nitrogens with one attached hydrogen (secondary N) is 1. The molecule has 0 unspecified atom stereocenters. The maximum atomic E-state index is 12.3. The molecule has 0 saturated heterocycles. The molecule has 24 heavy (non-hydrogen) atoms. The average molecular weight is 317 g/mol. The third-order valence-electron chi connectivity index (χ3n) is 4.49. The molecule has 1 amide bonds. The van der Waals surface area contributed by atoms with E-state index in [1.165, 1.54) is 16.3 Å². The second-order valence-electron chi connectivity index (χ2n) is 6.18. The molecule has 1 atom stereocenters. The van der Waals surface area contributed by atoms with Crippen molar-refractivity contribution in [3.63, 3.8) is 0 Å². The van der Waals surface area contributed by atoms with Crippen LogP contribution in [0.5, 0.6) is 0 Å². The number of hydrogen-bond acceptors (Lipinski definition) is 1. The summed E-state index contributed by atoms with van der Waals surface area (Å²) in [5.74, 6) is 0.450. The van der Waals surface area contributed by atoms with E-state index in [0.29, 0.717) is 18.9 Å². The highest BCUT2D eigenvalue weighted by Gasteiger charge is 2.11. The first-order chi connectivity index (χ1) is 11.8. The number of benzene rings is 3. The van der Waals surface area contributed by atoms with Gasteiger partial charge < -0.3 is 5.32 Å². The van der Waals surface area contributed by atoms with Crippen LogP contribution in [0.25, 0.3) is 10.8 Å². The lowest BCUT2D eigenvalue weighted by atomic mass is 9.96. The number of carbonyl (C=O) groups is 1. The molecule has 1 N–H and O–H groups in total. The number of hydrogen-bond donors (Lipinski definition) is 1. The Bertz CT molecular complexity index is 810. The van der Waals surface area contributed by atoms with Gasteiger partial charge in [-0.25, -0.2) is 0 Å². The van der Waals surface area contributed by atoms with E-state index < -0.39 is 0 Å². The van der Waals surface area contributed by atoms with Crippen molar-refractivity contribution >= 4 is 16.7 Å². The van der Waals surface area contributed by atoms with Crippen molar-refractivity contribution in [3.05, 3.63) is 83.9 Å². The molecule has 0 saturated carbocycles. The minimum absolute atomic E-state index is 0.0830. The van der Waals surface area contributed by atoms with Gasteiger partial charge in [-0.3, -0.25) is 4.79 Å². The van der Waals surface area contributed by atoms with Crippen molar-refractivity contribution in [3.8, 4) is 0 Å². The molecule has 0 heterocycles. The van der Waals surface area contributed by atoms with Crippen LogP contribution in [0.1, 0.15) is 30.4 Å². The zero-order valence-corrected chi connectivity index (χ0v) is 14.0. The zero-order chi connectivity index (χ0) is 16.8. The van der Waals surface area contributed by atoms with E-state index in [9.17, 15) is 4.79 Å². The van der Waals surface area contributed by atoms with Crippen LogP contribution in [0.15, 0.2) is 72.8 Å². The van der Waals surface area contributed by atoms with E-state index >= 15 is 0 Å². The summed E-state index contributed by atoms with van der Waals surface area (Å²) in [6.07, 6.45) is 1.44. The van der Waals surface area contributed by atoms with Crippen LogP contribution < -0.4 is 5.32 Å². The maximum absolute atomic E-state index is 12.3. The molecule has 3 aromatic rings. The number of carbonyl (C=O) groups excluding carboxylic acids is 1. The summed E-state index contributed by atoms with van der Waals surface area (Å²) in [7, 11) is 0. The molecule has 3 aromatic carbocycles. The van der Waals surface area contributed by atoms with Crippen molar-refractivity contribution in [2.75, 3.05) is 6.54 Å². The Morgan fingerprint density at radius 1 is 0.917 bits per heavy atom. The third-order valence-corrected chi connectivity index (χ3v) is 4.49. The molecule has 0 fully saturated rings. The highest BCUT2D eigenvalue weighted by molar-refractivity contribution is 5.85. The van der Waals surface area contributed by atoms with Gasteiger partial charge in [-0.1, -0.05) is 79.7 Å². The summed E-state index contributed by atoms with van der Waals surface area (Å²) in [4.78, 5) is 12.3. The zero-order valence-electron chi connectivity index (χ0n) is 14.0. The van der Waals surface area contributed by atoms with Gasteiger partial charge in [0.05, 0.1) is 6.42 Å². The minimum atomic E-state index is 0.0830. The number of amides is 1. The molecule has 0 aliphatic heterocycles. The van der Waals surface area contributed by atoms with Crippen LogP contribution in [0.2, 0.25) is 0 Å². The SMILES string of the molecule is CC[C@H](CNC(=O)Cc1ccc2ccccc2c1)c1ccccc1. The summed E-state index contributed by atoms with van der Waals surface area (Å²) in [5.41, 5.74) is 2.34. The molecule has 2 heteroatoms. The van der Waals surface area contributed by atoms with Crippen LogP contribution in [0, 0.1) is 0 Å². The van der Waals surface area contributed by atoms with Crippen molar-refractivity contribution in [2.24, 2.45) is 0 Å². The van der Waals surface area contributed by atoms with Gasteiger partial charge >= 0.3 is 0 Å². The minimum Gasteiger partial charge on any atom is -0.355 e. The van der Waals surface area contributed by atoms with E-state index in [0.717, 1.165) is 12.0 Å². The van der Waals surface area contributed by atoms with Crippen LogP contribution in [0.4, 0.5) is 0 Å². The van der Waals surface area contributed by atoms with Crippen molar-refractivity contribution in [2.45, 2.75) is 25.7 Å². The molecule has 0 aliphatic carbocycles. The summed E-state index contributed by atoms with van der Waals surface area (Å²) in [6, 6.07) is 24.8. The standard InChI is InChI=1S/C22H23NO/c1-2-18(19-8-4-3-5-9-19)16-23-22(24)15-17-12-13-20-10-6-7-11-21(20)14-17/h3-14,18H,2,15-16H2,1H3,(H,23,24)/t18-/m1/s1. The molecular weight excluding hydrogens is 294 g/mol. The summed E-state index contributed by atoms with van der Waals surface area (Å²) in [5, 5.41) is 5.47. The number of fused-ring (bicyclic) bond motifs is 1. The lowest BCUT2D eigenvalue weighted by Crippen LogP contribution is -2.29. The summed E-state index contributed by atoms with van der Waals surface area (Å²) < 4.78 is 0. The van der Waals surface area contributed by atoms with E-state index in [-0.39, 0.29) is 5.91 Å². The molecule has 122 valence electrons. The van der Waals surface area contributed by atoms with E-state index in [1.807, 2.05) is 24.3 Å². The van der Waals surface area contributed by atoms with Gasteiger partial charge in [0, 0.05) is 12.5 Å². The lowest BCUT2D eigenvalue weighted by Gasteiger charge is -2.16. The lowest BCUT2D eigenvalue weighted by molar-refractivity contribution is -0.120. The first kappa shape index (κ1) is 16.3. The van der Waals surface area contributed by atoms with Gasteiger partial charge in [0.2, 0.25) is 5.91 Å². The van der Waals surface area contributed by atoms with Crippen LogP contribution in [-0.2, 0) is 11.2 Å². The Balaban J connectivity index is 1.60. The van der Waals surface area contributed by atoms with Gasteiger partial charge in [0.25, 0.3) is 0 Å².